The third-order valence-corrected chi connectivity index (χ3v) is 3.75. The summed E-state index contributed by atoms with van der Waals surface area (Å²) in [5.74, 6) is -1.46. The second kappa shape index (κ2) is 7.81. The maximum Gasteiger partial charge on any atom is 0.227 e. The van der Waals surface area contributed by atoms with E-state index in [0.29, 0.717) is 23.0 Å². The molecule has 1 aromatic carbocycles. The van der Waals surface area contributed by atoms with Crippen LogP contribution in [0.3, 0.4) is 0 Å². The van der Waals surface area contributed by atoms with Crippen molar-refractivity contribution in [1.82, 2.24) is 20.4 Å². The minimum Gasteiger partial charge on any atom is -0.350 e. The average molecular weight is 358 g/mol. The number of carbonyl (C=O) groups is 1. The van der Waals surface area contributed by atoms with Gasteiger partial charge in [-0.2, -0.15) is 4.98 Å². The first-order valence-electron chi connectivity index (χ1n) is 8.01. The fourth-order valence-electron chi connectivity index (χ4n) is 2.35. The van der Waals surface area contributed by atoms with Gasteiger partial charge in [0, 0.05) is 19.0 Å². The van der Waals surface area contributed by atoms with Crippen LogP contribution in [0.15, 0.2) is 47.1 Å². The highest BCUT2D eigenvalue weighted by Crippen LogP contribution is 2.16. The molecule has 3 aromatic rings. The molecule has 0 radical (unpaired) electrons. The number of nitrogens with zero attached hydrogens (tertiary/aromatic N) is 3. The lowest BCUT2D eigenvalue weighted by Crippen LogP contribution is -2.27. The van der Waals surface area contributed by atoms with E-state index < -0.39 is 17.7 Å². The lowest BCUT2D eigenvalue weighted by atomic mass is 10.1. The van der Waals surface area contributed by atoms with Crippen LogP contribution in [0.25, 0.3) is 11.5 Å². The second-order valence-electron chi connectivity index (χ2n) is 5.69. The Morgan fingerprint density at radius 2 is 2.08 bits per heavy atom. The first-order chi connectivity index (χ1) is 12.5. The van der Waals surface area contributed by atoms with E-state index in [1.807, 2.05) is 6.07 Å². The van der Waals surface area contributed by atoms with E-state index >= 15 is 0 Å². The largest absolute Gasteiger partial charge is 0.350 e. The van der Waals surface area contributed by atoms with Crippen molar-refractivity contribution in [2.45, 2.75) is 25.8 Å². The molecule has 0 saturated heterocycles. The SMILES string of the molecule is C[C@H](NC(=O)CCc1nc(-c2ccccn2)no1)c1ccc(F)c(F)c1. The third kappa shape index (κ3) is 4.27. The van der Waals surface area contributed by atoms with Crippen LogP contribution in [0.4, 0.5) is 8.78 Å². The first kappa shape index (κ1) is 17.7. The van der Waals surface area contributed by atoms with Gasteiger partial charge in [0.05, 0.1) is 6.04 Å². The number of aromatic nitrogens is 3. The van der Waals surface area contributed by atoms with E-state index in [9.17, 15) is 13.6 Å². The van der Waals surface area contributed by atoms with Crippen LogP contribution in [0.1, 0.15) is 30.8 Å². The summed E-state index contributed by atoms with van der Waals surface area (Å²) >= 11 is 0. The van der Waals surface area contributed by atoms with Crippen molar-refractivity contribution in [2.24, 2.45) is 0 Å². The van der Waals surface area contributed by atoms with Crippen molar-refractivity contribution < 1.29 is 18.1 Å². The van der Waals surface area contributed by atoms with E-state index in [1.54, 1.807) is 25.3 Å². The van der Waals surface area contributed by atoms with Crippen LogP contribution in [0, 0.1) is 11.6 Å². The predicted octanol–water partition coefficient (Wildman–Crippen LogP) is 3.22. The fraction of sp³-hybridized carbons (Fsp3) is 0.222. The Labute approximate surface area is 148 Å². The Kier molecular flexibility index (Phi) is 5.31. The van der Waals surface area contributed by atoms with Crippen molar-refractivity contribution in [3.8, 4) is 11.5 Å². The van der Waals surface area contributed by atoms with Gasteiger partial charge >= 0.3 is 0 Å². The van der Waals surface area contributed by atoms with E-state index in [2.05, 4.69) is 20.4 Å². The summed E-state index contributed by atoms with van der Waals surface area (Å²) in [6.07, 6.45) is 2.01. The van der Waals surface area contributed by atoms with Gasteiger partial charge < -0.3 is 9.84 Å². The molecule has 1 amide bonds. The average Bonchev–Trinajstić information content (AvgIpc) is 3.12. The normalized spacial score (nSPS) is 12.0. The Bertz CT molecular complexity index is 899. The highest BCUT2D eigenvalue weighted by molar-refractivity contribution is 5.76. The lowest BCUT2D eigenvalue weighted by Gasteiger charge is -2.14. The molecular formula is C18H16F2N4O2. The molecule has 2 aromatic heterocycles. The van der Waals surface area contributed by atoms with Crippen molar-refractivity contribution in [2.75, 3.05) is 0 Å². The van der Waals surface area contributed by atoms with Gasteiger partial charge in [0.1, 0.15) is 5.69 Å². The number of rotatable bonds is 6. The molecule has 1 atom stereocenters. The molecule has 6 nitrogen and oxygen atoms in total. The van der Waals surface area contributed by atoms with Gasteiger partial charge in [-0.05, 0) is 36.8 Å². The molecule has 0 aliphatic rings. The minimum atomic E-state index is -0.948. The van der Waals surface area contributed by atoms with Gasteiger partial charge in [-0.15, -0.1) is 0 Å². The number of nitrogens with one attached hydrogen (secondary N) is 1. The Morgan fingerprint density at radius 3 is 2.81 bits per heavy atom. The fourth-order valence-corrected chi connectivity index (χ4v) is 2.35. The zero-order valence-electron chi connectivity index (χ0n) is 13.9. The number of carbonyl (C=O) groups excluding carboxylic acids is 1. The summed E-state index contributed by atoms with van der Waals surface area (Å²) < 4.78 is 31.4. The lowest BCUT2D eigenvalue weighted by molar-refractivity contribution is -0.121. The number of pyridine rings is 1. The summed E-state index contributed by atoms with van der Waals surface area (Å²) in [7, 11) is 0. The molecule has 0 saturated carbocycles. The summed E-state index contributed by atoms with van der Waals surface area (Å²) in [5, 5.41) is 6.55. The molecule has 134 valence electrons. The monoisotopic (exact) mass is 358 g/mol. The molecule has 2 heterocycles. The van der Waals surface area contributed by atoms with Gasteiger partial charge in [0.15, 0.2) is 11.6 Å². The number of hydrogen-bond acceptors (Lipinski definition) is 5. The van der Waals surface area contributed by atoms with E-state index in [1.165, 1.54) is 6.07 Å². The number of benzene rings is 1. The van der Waals surface area contributed by atoms with Crippen LogP contribution in [-0.4, -0.2) is 21.0 Å². The molecule has 0 bridgehead atoms. The van der Waals surface area contributed by atoms with Gasteiger partial charge in [-0.3, -0.25) is 9.78 Å². The van der Waals surface area contributed by atoms with Crippen LogP contribution >= 0.6 is 0 Å². The molecule has 26 heavy (non-hydrogen) atoms. The van der Waals surface area contributed by atoms with Gasteiger partial charge in [0.2, 0.25) is 17.6 Å². The van der Waals surface area contributed by atoms with Crippen molar-refractivity contribution in [3.05, 3.63) is 65.7 Å². The first-order valence-corrected chi connectivity index (χ1v) is 8.01. The van der Waals surface area contributed by atoms with Crippen molar-refractivity contribution in [1.29, 1.82) is 0 Å². The highest BCUT2D eigenvalue weighted by Gasteiger charge is 2.14. The molecule has 0 aliphatic heterocycles. The van der Waals surface area contributed by atoms with Gasteiger partial charge in [0.25, 0.3) is 0 Å². The van der Waals surface area contributed by atoms with Gasteiger partial charge in [-0.25, -0.2) is 8.78 Å². The zero-order valence-corrected chi connectivity index (χ0v) is 13.9. The Morgan fingerprint density at radius 1 is 1.23 bits per heavy atom. The van der Waals surface area contributed by atoms with E-state index in [4.69, 9.17) is 4.52 Å². The Balaban J connectivity index is 1.54. The van der Waals surface area contributed by atoms with E-state index in [-0.39, 0.29) is 18.7 Å². The molecule has 0 unspecified atom stereocenters. The van der Waals surface area contributed by atoms with E-state index in [0.717, 1.165) is 12.1 Å². The topological polar surface area (TPSA) is 80.9 Å². The third-order valence-electron chi connectivity index (χ3n) is 3.75. The molecule has 0 fully saturated rings. The maximum absolute atomic E-state index is 13.3. The predicted molar refractivity (Wildman–Crippen MR) is 88.8 cm³/mol. The summed E-state index contributed by atoms with van der Waals surface area (Å²) in [6, 6.07) is 8.42. The van der Waals surface area contributed by atoms with Crippen LogP contribution in [0.2, 0.25) is 0 Å². The standard InChI is InChI=1S/C18H16F2N4O2/c1-11(12-5-6-13(19)14(20)10-12)22-16(25)7-8-17-23-18(24-26-17)15-4-2-3-9-21-15/h2-6,9-11H,7-8H2,1H3,(H,22,25)/t11-/m0/s1. The van der Waals surface area contributed by atoms with Crippen LogP contribution in [0.5, 0.6) is 0 Å². The molecule has 3 rings (SSSR count). The van der Waals surface area contributed by atoms with Crippen molar-refractivity contribution >= 4 is 5.91 Å². The highest BCUT2D eigenvalue weighted by atomic mass is 19.2. The molecule has 1 N–H and O–H groups in total. The molecule has 8 heteroatoms. The van der Waals surface area contributed by atoms with Crippen LogP contribution in [-0.2, 0) is 11.2 Å². The van der Waals surface area contributed by atoms with Crippen LogP contribution < -0.4 is 5.32 Å². The minimum absolute atomic E-state index is 0.123. The summed E-state index contributed by atoms with van der Waals surface area (Å²) in [4.78, 5) is 20.4. The maximum atomic E-state index is 13.3. The van der Waals surface area contributed by atoms with Gasteiger partial charge in [-0.1, -0.05) is 17.3 Å². The number of hydrogen-bond donors (Lipinski definition) is 1. The molecular weight excluding hydrogens is 342 g/mol. The molecule has 0 spiro atoms. The smallest absolute Gasteiger partial charge is 0.227 e. The number of halogens is 2. The van der Waals surface area contributed by atoms with Crippen molar-refractivity contribution in [3.63, 3.8) is 0 Å². The number of amides is 1. The quantitative estimate of drug-likeness (QED) is 0.732. The second-order valence-corrected chi connectivity index (χ2v) is 5.69. The zero-order chi connectivity index (χ0) is 18.5. The Hall–Kier alpha value is -3.16. The number of aryl methyl sites for hydroxylation is 1. The summed E-state index contributed by atoms with van der Waals surface area (Å²) in [6.45, 7) is 1.69. The summed E-state index contributed by atoms with van der Waals surface area (Å²) in [5.41, 5.74) is 1.06. The molecule has 0 aliphatic carbocycles.